The summed E-state index contributed by atoms with van der Waals surface area (Å²) in [5.41, 5.74) is 15.4. The highest BCUT2D eigenvalue weighted by Gasteiger charge is 2.18. The summed E-state index contributed by atoms with van der Waals surface area (Å²) < 4.78 is 0. The molecule has 14 heavy (non-hydrogen) atoms. The Labute approximate surface area is 87.7 Å². The second-order valence-corrected chi connectivity index (χ2v) is 2.49. The van der Waals surface area contributed by atoms with Crippen LogP contribution in [-0.2, 0) is 4.79 Å². The number of carboxylic acid groups (broad SMARTS) is 1. The van der Waals surface area contributed by atoms with Crippen molar-refractivity contribution in [1.82, 2.24) is 5.43 Å². The third-order valence-corrected chi connectivity index (χ3v) is 1.50. The van der Waals surface area contributed by atoms with E-state index in [1.807, 2.05) is 0 Å². The number of carboxylic acids is 1. The quantitative estimate of drug-likeness (QED) is 0.194. The molecule has 0 rings (SSSR count). The zero-order chi connectivity index (χ0) is 10.1. The van der Waals surface area contributed by atoms with E-state index in [-0.39, 0.29) is 12.4 Å². The Morgan fingerprint density at radius 3 is 2.71 bits per heavy atom. The van der Waals surface area contributed by atoms with E-state index in [9.17, 15) is 4.79 Å². The zero-order valence-corrected chi connectivity index (χ0v) is 8.40. The topological polar surface area (TPSA) is 124 Å². The molecule has 0 saturated carbocycles. The molecule has 0 aromatic carbocycles. The van der Waals surface area contributed by atoms with Gasteiger partial charge in [-0.2, -0.15) is 4.91 Å². The van der Waals surface area contributed by atoms with E-state index < -0.39 is 12.0 Å². The van der Waals surface area contributed by atoms with Crippen LogP contribution < -0.4 is 11.2 Å². The van der Waals surface area contributed by atoms with Gasteiger partial charge in [0.15, 0.2) is 6.04 Å². The van der Waals surface area contributed by atoms with Crippen molar-refractivity contribution in [3.8, 4) is 0 Å². The first-order chi connectivity index (χ1) is 6.22. The van der Waals surface area contributed by atoms with Crippen molar-refractivity contribution >= 4 is 18.4 Å². The lowest BCUT2D eigenvalue weighted by Crippen LogP contribution is -2.32. The molecule has 0 heterocycles. The lowest BCUT2D eigenvalue weighted by molar-refractivity contribution is -0.139. The fraction of sp³-hybridized carbons (Fsp3) is 0.833. The van der Waals surface area contributed by atoms with Gasteiger partial charge < -0.3 is 10.8 Å². The molecule has 0 fully saturated rings. The number of nitrogens with zero attached hydrogens (tertiary/aromatic N) is 3. The first kappa shape index (κ1) is 15.3. The van der Waals surface area contributed by atoms with E-state index in [4.69, 9.17) is 16.4 Å². The van der Waals surface area contributed by atoms with E-state index in [1.165, 1.54) is 0 Å². The maximum atomic E-state index is 10.5. The third-order valence-electron chi connectivity index (χ3n) is 1.50. The predicted octanol–water partition coefficient (Wildman–Crippen LogP) is 0.805. The minimum absolute atomic E-state index is 0. The van der Waals surface area contributed by atoms with Crippen molar-refractivity contribution in [1.29, 1.82) is 0 Å². The number of aliphatic carboxylic acids is 1. The fourth-order valence-electron chi connectivity index (χ4n) is 0.832. The Bertz CT molecular complexity index is 206. The summed E-state index contributed by atoms with van der Waals surface area (Å²) >= 11 is 0. The molecular weight excluding hydrogens is 210 g/mol. The number of nitrogens with one attached hydrogen (secondary N) is 1. The van der Waals surface area contributed by atoms with Gasteiger partial charge in [0.1, 0.15) is 0 Å². The molecule has 0 bridgehead atoms. The average Bonchev–Trinajstić information content (AvgIpc) is 2.10. The normalized spacial score (nSPS) is 10.6. The van der Waals surface area contributed by atoms with Crippen LogP contribution in [0.25, 0.3) is 10.4 Å². The van der Waals surface area contributed by atoms with Crippen LogP contribution in [0.2, 0.25) is 0 Å². The Balaban J connectivity index is 0. The van der Waals surface area contributed by atoms with Crippen molar-refractivity contribution in [2.75, 3.05) is 6.54 Å². The van der Waals surface area contributed by atoms with Crippen LogP contribution in [0.4, 0.5) is 0 Å². The first-order valence-corrected chi connectivity index (χ1v) is 3.95. The summed E-state index contributed by atoms with van der Waals surface area (Å²) in [6, 6.07) is -0.817. The predicted molar refractivity (Wildman–Crippen MR) is 53.9 cm³/mol. The first-order valence-electron chi connectivity index (χ1n) is 3.95. The van der Waals surface area contributed by atoms with Gasteiger partial charge in [-0.05, 0) is 31.0 Å². The molecule has 0 aliphatic heterocycles. The second kappa shape index (κ2) is 9.91. The summed E-state index contributed by atoms with van der Waals surface area (Å²) in [4.78, 5) is 12.9. The standard InChI is InChI=1S/C6H13N5O2.ClH/c7-4-2-1-3-5(6(12)13)9-11-10-8;/h5,9H,1-4,7H2,(H,12,13);1H/t5-;/m0./s1. The van der Waals surface area contributed by atoms with Gasteiger partial charge in [-0.3, -0.25) is 0 Å². The summed E-state index contributed by atoms with van der Waals surface area (Å²) in [5, 5.41) is 11.6. The highest BCUT2D eigenvalue weighted by Crippen LogP contribution is 2.00. The molecule has 0 aromatic heterocycles. The number of hydrogen-bond acceptors (Lipinski definition) is 3. The van der Waals surface area contributed by atoms with Gasteiger partial charge in [-0.1, -0.05) is 0 Å². The van der Waals surface area contributed by atoms with Gasteiger partial charge in [0.05, 0.1) is 0 Å². The van der Waals surface area contributed by atoms with Crippen molar-refractivity contribution in [3.05, 3.63) is 10.4 Å². The summed E-state index contributed by atoms with van der Waals surface area (Å²) in [5.74, 6) is -1.02. The van der Waals surface area contributed by atoms with Gasteiger partial charge in [-0.25, -0.2) is 10.2 Å². The second-order valence-electron chi connectivity index (χ2n) is 2.49. The van der Waals surface area contributed by atoms with Crippen LogP contribution in [0.5, 0.6) is 0 Å². The SMILES string of the molecule is Cl.[N-]=[N+]=NN[C@@H](CCCCN)C(=O)O. The summed E-state index contributed by atoms with van der Waals surface area (Å²) in [6.07, 6.45) is 1.87. The molecular formula is C6H14ClN5O2. The maximum Gasteiger partial charge on any atom is 0.349 e. The van der Waals surface area contributed by atoms with E-state index >= 15 is 0 Å². The molecule has 0 saturated heterocycles. The van der Waals surface area contributed by atoms with Crippen LogP contribution >= 0.6 is 12.4 Å². The number of hydrogen-bond donors (Lipinski definition) is 3. The zero-order valence-electron chi connectivity index (χ0n) is 7.59. The lowest BCUT2D eigenvalue weighted by atomic mass is 10.1. The number of nitrogens with two attached hydrogens (primary N) is 1. The molecule has 82 valence electrons. The van der Waals surface area contributed by atoms with Gasteiger partial charge in [0.2, 0.25) is 0 Å². The fourth-order valence-corrected chi connectivity index (χ4v) is 0.832. The van der Waals surface area contributed by atoms with E-state index in [2.05, 4.69) is 15.6 Å². The largest absolute Gasteiger partial charge is 0.478 e. The maximum absolute atomic E-state index is 10.5. The monoisotopic (exact) mass is 223 g/mol. The highest BCUT2D eigenvalue weighted by atomic mass is 35.5. The number of unbranched alkanes of at least 4 members (excludes halogenated alkanes) is 1. The van der Waals surface area contributed by atoms with Crippen molar-refractivity contribution in [3.63, 3.8) is 0 Å². The molecule has 0 spiro atoms. The van der Waals surface area contributed by atoms with E-state index in [0.29, 0.717) is 19.4 Å². The Morgan fingerprint density at radius 1 is 1.64 bits per heavy atom. The van der Waals surface area contributed by atoms with Crippen molar-refractivity contribution < 1.29 is 9.90 Å². The minimum Gasteiger partial charge on any atom is -0.478 e. The number of halogens is 1. The average molecular weight is 224 g/mol. The molecule has 4 N–H and O–H groups in total. The van der Waals surface area contributed by atoms with Crippen molar-refractivity contribution in [2.24, 2.45) is 11.0 Å². The van der Waals surface area contributed by atoms with Crippen LogP contribution in [0.15, 0.2) is 5.22 Å². The molecule has 0 aliphatic rings. The minimum atomic E-state index is -1.02. The van der Waals surface area contributed by atoms with Crippen LogP contribution in [-0.4, -0.2) is 23.7 Å². The molecule has 0 radical (unpaired) electrons. The molecule has 0 amide bonds. The Hall–Kier alpha value is -1.17. The molecule has 0 aromatic rings. The van der Waals surface area contributed by atoms with Gasteiger partial charge in [0, 0.05) is 0 Å². The lowest BCUT2D eigenvalue weighted by Gasteiger charge is -2.06. The Kier molecular flexibility index (Phi) is 10.8. The summed E-state index contributed by atoms with van der Waals surface area (Å²) in [7, 11) is 0. The number of rotatable bonds is 7. The van der Waals surface area contributed by atoms with Crippen LogP contribution in [0, 0.1) is 0 Å². The van der Waals surface area contributed by atoms with Crippen LogP contribution in [0.3, 0.4) is 0 Å². The van der Waals surface area contributed by atoms with Gasteiger partial charge >= 0.3 is 5.97 Å². The molecule has 0 unspecified atom stereocenters. The third kappa shape index (κ3) is 7.48. The summed E-state index contributed by atoms with van der Waals surface area (Å²) in [6.45, 7) is 0.536. The van der Waals surface area contributed by atoms with Gasteiger partial charge in [-0.15, -0.1) is 17.9 Å². The van der Waals surface area contributed by atoms with E-state index in [0.717, 1.165) is 6.42 Å². The molecule has 8 heteroatoms. The smallest absolute Gasteiger partial charge is 0.349 e. The van der Waals surface area contributed by atoms with Crippen molar-refractivity contribution in [2.45, 2.75) is 25.3 Å². The molecule has 0 aliphatic carbocycles. The number of azide groups is 1. The van der Waals surface area contributed by atoms with Crippen LogP contribution in [0.1, 0.15) is 19.3 Å². The van der Waals surface area contributed by atoms with E-state index in [1.54, 1.807) is 0 Å². The molecule has 7 nitrogen and oxygen atoms in total. The Morgan fingerprint density at radius 2 is 2.29 bits per heavy atom. The van der Waals surface area contributed by atoms with Gasteiger partial charge in [0.25, 0.3) is 0 Å². The number of carbonyl (C=O) groups is 1. The molecule has 1 atom stereocenters. The highest BCUT2D eigenvalue weighted by molar-refractivity contribution is 5.85.